The van der Waals surface area contributed by atoms with Gasteiger partial charge in [-0.3, -0.25) is 9.59 Å². The first-order chi connectivity index (χ1) is 9.99. The van der Waals surface area contributed by atoms with Crippen LogP contribution in [0.1, 0.15) is 46.5 Å². The van der Waals surface area contributed by atoms with Crippen LogP contribution in [0.2, 0.25) is 0 Å². The van der Waals surface area contributed by atoms with E-state index in [1.165, 1.54) is 0 Å². The van der Waals surface area contributed by atoms with Gasteiger partial charge in [0, 0.05) is 26.3 Å². The van der Waals surface area contributed by atoms with E-state index < -0.39 is 0 Å². The van der Waals surface area contributed by atoms with Gasteiger partial charge in [0.25, 0.3) is 0 Å². The number of hydrogen-bond donors (Lipinski definition) is 0. The van der Waals surface area contributed by atoms with E-state index in [1.807, 2.05) is 30.6 Å². The third-order valence-corrected chi connectivity index (χ3v) is 4.72. The van der Waals surface area contributed by atoms with Crippen LogP contribution in [0.5, 0.6) is 0 Å². The lowest BCUT2D eigenvalue weighted by atomic mass is 9.89. The van der Waals surface area contributed by atoms with Gasteiger partial charge in [0.15, 0.2) is 0 Å². The van der Waals surface area contributed by atoms with Crippen molar-refractivity contribution < 1.29 is 14.3 Å². The molecule has 2 aliphatic rings. The summed E-state index contributed by atoms with van der Waals surface area (Å²) in [6, 6.07) is -0.511. The van der Waals surface area contributed by atoms with Crippen LogP contribution in [-0.4, -0.2) is 60.0 Å². The molecule has 2 fully saturated rings. The minimum absolute atomic E-state index is 0.0397. The van der Waals surface area contributed by atoms with E-state index in [1.54, 1.807) is 7.11 Å². The van der Waals surface area contributed by atoms with Gasteiger partial charge >= 0.3 is 0 Å². The lowest BCUT2D eigenvalue weighted by Crippen LogP contribution is -2.68. The lowest BCUT2D eigenvalue weighted by Gasteiger charge is -2.50. The first kappa shape index (κ1) is 16.3. The Morgan fingerprint density at radius 3 is 2.52 bits per heavy atom. The van der Waals surface area contributed by atoms with E-state index in [9.17, 15) is 9.59 Å². The van der Waals surface area contributed by atoms with Crippen molar-refractivity contribution in [1.82, 2.24) is 9.80 Å². The predicted octanol–water partition coefficient (Wildman–Crippen LogP) is 1.66. The summed E-state index contributed by atoms with van der Waals surface area (Å²) in [7, 11) is 1.67. The van der Waals surface area contributed by atoms with Crippen molar-refractivity contribution in [3.8, 4) is 0 Å². The number of rotatable bonds is 5. The fraction of sp³-hybridized carbons (Fsp3) is 0.875. The Labute approximate surface area is 127 Å². The maximum atomic E-state index is 12.9. The van der Waals surface area contributed by atoms with Crippen LogP contribution in [0.4, 0.5) is 0 Å². The number of nitrogens with zero attached hydrogens (tertiary/aromatic N) is 2. The van der Waals surface area contributed by atoms with Crippen LogP contribution in [0, 0.1) is 5.92 Å². The van der Waals surface area contributed by atoms with Crippen molar-refractivity contribution in [1.29, 1.82) is 0 Å². The topological polar surface area (TPSA) is 49.9 Å². The molecule has 21 heavy (non-hydrogen) atoms. The Morgan fingerprint density at radius 1 is 1.19 bits per heavy atom. The third-order valence-electron chi connectivity index (χ3n) is 4.72. The quantitative estimate of drug-likeness (QED) is 0.775. The van der Waals surface area contributed by atoms with Crippen molar-refractivity contribution in [3.05, 3.63) is 0 Å². The number of carbonyl (C=O) groups excluding carboxylic acids is 2. The van der Waals surface area contributed by atoms with Gasteiger partial charge in [0.05, 0.1) is 0 Å². The molecule has 2 amide bonds. The van der Waals surface area contributed by atoms with Gasteiger partial charge in [-0.1, -0.05) is 13.8 Å². The Bertz CT molecular complexity index is 397. The fourth-order valence-electron chi connectivity index (χ4n) is 3.58. The second-order valence-electron chi connectivity index (χ2n) is 6.61. The molecule has 5 nitrogen and oxygen atoms in total. The number of carbonyl (C=O) groups is 2. The van der Waals surface area contributed by atoms with Gasteiger partial charge in [0.2, 0.25) is 11.8 Å². The minimum Gasteiger partial charge on any atom is -0.385 e. The highest BCUT2D eigenvalue weighted by Crippen LogP contribution is 2.31. The summed E-state index contributed by atoms with van der Waals surface area (Å²) >= 11 is 0. The molecule has 2 aliphatic heterocycles. The highest BCUT2D eigenvalue weighted by atomic mass is 16.5. The molecule has 0 radical (unpaired) electrons. The third kappa shape index (κ3) is 3.07. The van der Waals surface area contributed by atoms with Crippen LogP contribution in [0.15, 0.2) is 0 Å². The molecule has 0 aromatic heterocycles. The molecule has 5 heteroatoms. The first-order valence-electron chi connectivity index (χ1n) is 8.10. The van der Waals surface area contributed by atoms with E-state index in [0.717, 1.165) is 32.2 Å². The van der Waals surface area contributed by atoms with E-state index in [2.05, 4.69) is 0 Å². The van der Waals surface area contributed by atoms with Crippen molar-refractivity contribution in [3.63, 3.8) is 0 Å². The van der Waals surface area contributed by atoms with Gasteiger partial charge in [-0.25, -0.2) is 0 Å². The highest BCUT2D eigenvalue weighted by molar-refractivity contribution is 5.97. The Kier molecular flexibility index (Phi) is 5.25. The van der Waals surface area contributed by atoms with Crippen molar-refractivity contribution >= 4 is 11.8 Å². The molecule has 0 aliphatic carbocycles. The zero-order chi connectivity index (χ0) is 15.6. The van der Waals surface area contributed by atoms with Crippen molar-refractivity contribution in [2.24, 2.45) is 5.92 Å². The molecule has 3 unspecified atom stereocenters. The summed E-state index contributed by atoms with van der Waals surface area (Å²) in [5.74, 6) is 0.407. The van der Waals surface area contributed by atoms with Gasteiger partial charge in [-0.05, 0) is 38.5 Å². The number of piperazine rings is 1. The number of hydrogen-bond acceptors (Lipinski definition) is 3. The first-order valence-corrected chi connectivity index (χ1v) is 8.10. The summed E-state index contributed by atoms with van der Waals surface area (Å²) < 4.78 is 5.13. The van der Waals surface area contributed by atoms with Crippen LogP contribution in [0.25, 0.3) is 0 Å². The second-order valence-corrected chi connectivity index (χ2v) is 6.61. The fourth-order valence-corrected chi connectivity index (χ4v) is 3.58. The normalized spacial score (nSPS) is 28.0. The molecule has 0 spiro atoms. The SMILES string of the molecule is COCCC(C)N1C(=O)C2CCCCN2C(=O)C1C(C)C. The highest BCUT2D eigenvalue weighted by Gasteiger charge is 2.48. The minimum atomic E-state index is -0.321. The van der Waals surface area contributed by atoms with E-state index in [-0.39, 0.29) is 35.9 Å². The maximum absolute atomic E-state index is 12.9. The van der Waals surface area contributed by atoms with E-state index in [0.29, 0.717) is 6.61 Å². The van der Waals surface area contributed by atoms with E-state index in [4.69, 9.17) is 4.74 Å². The Morgan fingerprint density at radius 2 is 1.90 bits per heavy atom. The molecular weight excluding hydrogens is 268 g/mol. The van der Waals surface area contributed by atoms with Crippen molar-refractivity contribution in [2.45, 2.75) is 64.6 Å². The number of amides is 2. The summed E-state index contributed by atoms with van der Waals surface area (Å²) in [6.07, 6.45) is 3.63. The molecule has 2 saturated heterocycles. The average Bonchev–Trinajstić information content (AvgIpc) is 2.47. The lowest BCUT2D eigenvalue weighted by molar-refractivity contribution is -0.168. The van der Waals surface area contributed by atoms with Crippen LogP contribution < -0.4 is 0 Å². The second kappa shape index (κ2) is 6.77. The molecule has 120 valence electrons. The number of methoxy groups -OCH3 is 1. The smallest absolute Gasteiger partial charge is 0.246 e. The van der Waals surface area contributed by atoms with Gasteiger partial charge in [-0.15, -0.1) is 0 Å². The largest absolute Gasteiger partial charge is 0.385 e. The Balaban J connectivity index is 2.26. The average molecular weight is 296 g/mol. The summed E-state index contributed by atoms with van der Waals surface area (Å²) in [4.78, 5) is 29.4. The maximum Gasteiger partial charge on any atom is 0.246 e. The van der Waals surface area contributed by atoms with E-state index >= 15 is 0 Å². The molecule has 2 rings (SSSR count). The standard InChI is InChI=1S/C16H28N2O3/c1-11(2)14-16(20)17-9-6-5-7-13(17)15(19)18(14)12(3)8-10-21-4/h11-14H,5-10H2,1-4H3. The van der Waals surface area contributed by atoms with Crippen LogP contribution in [0.3, 0.4) is 0 Å². The molecule has 2 heterocycles. The molecule has 0 aromatic carbocycles. The zero-order valence-electron chi connectivity index (χ0n) is 13.7. The summed E-state index contributed by atoms with van der Waals surface area (Å²) in [5.41, 5.74) is 0. The van der Waals surface area contributed by atoms with Gasteiger partial charge in [0.1, 0.15) is 12.1 Å². The number of piperidine rings is 1. The Hall–Kier alpha value is -1.10. The van der Waals surface area contributed by atoms with Crippen LogP contribution in [-0.2, 0) is 14.3 Å². The molecular formula is C16H28N2O3. The van der Waals surface area contributed by atoms with Crippen molar-refractivity contribution in [2.75, 3.05) is 20.3 Å². The van der Waals surface area contributed by atoms with Gasteiger partial charge in [-0.2, -0.15) is 0 Å². The zero-order valence-corrected chi connectivity index (χ0v) is 13.7. The summed E-state index contributed by atoms with van der Waals surface area (Å²) in [5, 5.41) is 0. The van der Waals surface area contributed by atoms with Gasteiger partial charge < -0.3 is 14.5 Å². The van der Waals surface area contributed by atoms with Crippen LogP contribution >= 0.6 is 0 Å². The number of ether oxygens (including phenoxy) is 1. The molecule has 0 saturated carbocycles. The predicted molar refractivity (Wildman–Crippen MR) is 80.8 cm³/mol. The number of fused-ring (bicyclic) bond motifs is 1. The molecule has 0 aromatic rings. The molecule has 0 N–H and O–H groups in total. The molecule has 3 atom stereocenters. The summed E-state index contributed by atoms with van der Waals surface area (Å²) in [6.45, 7) is 7.42. The molecule has 0 bridgehead atoms. The monoisotopic (exact) mass is 296 g/mol.